The molecule has 18 heavy (non-hydrogen) atoms. The van der Waals surface area contributed by atoms with Crippen molar-refractivity contribution < 1.29 is 9.53 Å². The summed E-state index contributed by atoms with van der Waals surface area (Å²) in [5, 5.41) is 10.3. The zero-order valence-electron chi connectivity index (χ0n) is 11.3. The maximum absolute atomic E-state index is 11.8. The number of alkyl carbamates (subject to hydrolysis) is 1. The molecule has 0 aromatic carbocycles. The summed E-state index contributed by atoms with van der Waals surface area (Å²) in [5.41, 5.74) is 1.49. The summed E-state index contributed by atoms with van der Waals surface area (Å²) < 4.78 is 7.05. The molecule has 0 spiro atoms. The van der Waals surface area contributed by atoms with Gasteiger partial charge in [0.1, 0.15) is 5.60 Å². The van der Waals surface area contributed by atoms with E-state index in [1.54, 1.807) is 10.9 Å². The molecule has 0 aliphatic carbocycles. The van der Waals surface area contributed by atoms with Crippen molar-refractivity contribution >= 4 is 11.8 Å². The van der Waals surface area contributed by atoms with Crippen LogP contribution in [-0.2, 0) is 11.8 Å². The van der Waals surface area contributed by atoms with E-state index >= 15 is 0 Å². The largest absolute Gasteiger partial charge is 0.444 e. The summed E-state index contributed by atoms with van der Waals surface area (Å²) >= 11 is 0. The highest BCUT2D eigenvalue weighted by atomic mass is 16.6. The lowest BCUT2D eigenvalue weighted by Gasteiger charge is -2.27. The lowest BCUT2D eigenvalue weighted by Crippen LogP contribution is -2.37. The van der Waals surface area contributed by atoms with E-state index in [-0.39, 0.29) is 12.1 Å². The summed E-state index contributed by atoms with van der Waals surface area (Å²) in [6.07, 6.45) is 2.21. The minimum Gasteiger partial charge on any atom is -0.444 e. The number of carbonyl (C=O) groups excluding carboxylic acids is 1. The number of aromatic nitrogens is 2. The van der Waals surface area contributed by atoms with Crippen LogP contribution in [0.15, 0.2) is 6.20 Å². The Balaban J connectivity index is 2.07. The van der Waals surface area contributed by atoms with Crippen LogP contribution in [0.1, 0.15) is 38.9 Å². The van der Waals surface area contributed by atoms with Crippen molar-refractivity contribution in [1.82, 2.24) is 15.1 Å². The Kier molecular flexibility index (Phi) is 3.19. The second-order valence-electron chi connectivity index (χ2n) is 5.48. The maximum Gasteiger partial charge on any atom is 0.408 e. The van der Waals surface area contributed by atoms with E-state index in [9.17, 15) is 4.79 Å². The standard InChI is InChI=1S/C12H20N4O2/c1-12(2,3)18-11(17)15-8-5-6-13-9-7-14-16(4)10(8)9/h7-8,13H,5-6H2,1-4H3,(H,15,17). The van der Waals surface area contributed by atoms with Crippen molar-refractivity contribution in [3.8, 4) is 0 Å². The lowest BCUT2D eigenvalue weighted by molar-refractivity contribution is 0.0499. The molecule has 0 fully saturated rings. The molecule has 1 amide bonds. The van der Waals surface area contributed by atoms with E-state index in [2.05, 4.69) is 15.7 Å². The topological polar surface area (TPSA) is 68.2 Å². The van der Waals surface area contributed by atoms with Crippen LogP contribution in [0.3, 0.4) is 0 Å². The molecule has 1 aromatic heterocycles. The first-order valence-electron chi connectivity index (χ1n) is 6.12. The van der Waals surface area contributed by atoms with Gasteiger partial charge in [-0.15, -0.1) is 0 Å². The fourth-order valence-corrected chi connectivity index (χ4v) is 2.07. The Morgan fingerprint density at radius 3 is 3.00 bits per heavy atom. The van der Waals surface area contributed by atoms with Gasteiger partial charge in [-0.2, -0.15) is 5.10 Å². The van der Waals surface area contributed by atoms with E-state index in [0.29, 0.717) is 0 Å². The molecule has 0 bridgehead atoms. The number of anilines is 1. The van der Waals surface area contributed by atoms with Crippen LogP contribution < -0.4 is 10.6 Å². The van der Waals surface area contributed by atoms with Crippen molar-refractivity contribution in [2.24, 2.45) is 7.05 Å². The molecule has 100 valence electrons. The number of nitrogens with one attached hydrogen (secondary N) is 2. The first-order valence-corrected chi connectivity index (χ1v) is 6.12. The van der Waals surface area contributed by atoms with Crippen LogP contribution in [-0.4, -0.2) is 28.0 Å². The average molecular weight is 252 g/mol. The Labute approximate surface area is 107 Å². The van der Waals surface area contributed by atoms with Crippen molar-refractivity contribution in [2.45, 2.75) is 38.8 Å². The molecule has 1 aliphatic heterocycles. The Hall–Kier alpha value is -1.72. The summed E-state index contributed by atoms with van der Waals surface area (Å²) in [5.74, 6) is 0. The SMILES string of the molecule is Cn1ncc2c1C(NC(=O)OC(C)(C)C)CCN2. The zero-order valence-corrected chi connectivity index (χ0v) is 11.3. The molecular formula is C12H20N4O2. The van der Waals surface area contributed by atoms with Gasteiger partial charge in [-0.25, -0.2) is 4.79 Å². The van der Waals surface area contributed by atoms with Gasteiger partial charge in [0.05, 0.1) is 23.6 Å². The molecule has 6 heteroatoms. The lowest BCUT2D eigenvalue weighted by atomic mass is 10.1. The van der Waals surface area contributed by atoms with Crippen LogP contribution in [0.25, 0.3) is 0 Å². The van der Waals surface area contributed by atoms with Crippen molar-refractivity contribution in [3.05, 3.63) is 11.9 Å². The predicted molar refractivity (Wildman–Crippen MR) is 68.4 cm³/mol. The molecule has 1 aromatic rings. The van der Waals surface area contributed by atoms with Gasteiger partial charge in [-0.3, -0.25) is 4.68 Å². The Morgan fingerprint density at radius 1 is 1.61 bits per heavy atom. The summed E-state index contributed by atoms with van der Waals surface area (Å²) in [6, 6.07) is -0.0522. The number of aryl methyl sites for hydroxylation is 1. The van der Waals surface area contributed by atoms with Crippen LogP contribution in [0.5, 0.6) is 0 Å². The molecule has 1 aliphatic rings. The number of hydrogen-bond donors (Lipinski definition) is 2. The third-order valence-corrected chi connectivity index (χ3v) is 2.75. The number of carbonyl (C=O) groups is 1. The molecule has 2 rings (SSSR count). The highest BCUT2D eigenvalue weighted by Crippen LogP contribution is 2.29. The van der Waals surface area contributed by atoms with Crippen molar-refractivity contribution in [1.29, 1.82) is 0 Å². The maximum atomic E-state index is 11.8. The number of nitrogens with zero attached hydrogens (tertiary/aromatic N) is 2. The minimum absolute atomic E-state index is 0.0522. The van der Waals surface area contributed by atoms with E-state index in [1.807, 2.05) is 27.8 Å². The number of rotatable bonds is 1. The van der Waals surface area contributed by atoms with Crippen molar-refractivity contribution in [2.75, 3.05) is 11.9 Å². The fraction of sp³-hybridized carbons (Fsp3) is 0.667. The predicted octanol–water partition coefficient (Wildman–Crippen LogP) is 1.80. The van der Waals surface area contributed by atoms with Gasteiger partial charge in [-0.05, 0) is 27.2 Å². The number of ether oxygens (including phenoxy) is 1. The van der Waals surface area contributed by atoms with Gasteiger partial charge < -0.3 is 15.4 Å². The van der Waals surface area contributed by atoms with Crippen LogP contribution in [0.2, 0.25) is 0 Å². The Morgan fingerprint density at radius 2 is 2.33 bits per heavy atom. The van der Waals surface area contributed by atoms with E-state index < -0.39 is 5.60 Å². The van der Waals surface area contributed by atoms with Crippen LogP contribution in [0, 0.1) is 0 Å². The highest BCUT2D eigenvalue weighted by Gasteiger charge is 2.27. The number of hydrogen-bond acceptors (Lipinski definition) is 4. The van der Waals surface area contributed by atoms with E-state index in [1.165, 1.54) is 0 Å². The summed E-state index contributed by atoms with van der Waals surface area (Å²) in [6.45, 7) is 6.37. The highest BCUT2D eigenvalue weighted by molar-refractivity contribution is 5.69. The number of amides is 1. The summed E-state index contributed by atoms with van der Waals surface area (Å²) in [4.78, 5) is 11.8. The Bertz CT molecular complexity index is 447. The average Bonchev–Trinajstić information content (AvgIpc) is 2.58. The van der Waals surface area contributed by atoms with Gasteiger partial charge in [0, 0.05) is 13.6 Å². The normalized spacial score (nSPS) is 18.8. The van der Waals surface area contributed by atoms with Crippen molar-refractivity contribution in [3.63, 3.8) is 0 Å². The molecule has 2 heterocycles. The first kappa shape index (κ1) is 12.7. The minimum atomic E-state index is -0.480. The van der Waals surface area contributed by atoms with Gasteiger partial charge in [-0.1, -0.05) is 0 Å². The third-order valence-electron chi connectivity index (χ3n) is 2.75. The fourth-order valence-electron chi connectivity index (χ4n) is 2.07. The first-order chi connectivity index (χ1) is 8.37. The molecular weight excluding hydrogens is 232 g/mol. The number of fused-ring (bicyclic) bond motifs is 1. The molecule has 0 saturated heterocycles. The van der Waals surface area contributed by atoms with Crippen LogP contribution in [0.4, 0.5) is 10.5 Å². The van der Waals surface area contributed by atoms with E-state index in [4.69, 9.17) is 4.74 Å². The molecule has 2 N–H and O–H groups in total. The molecule has 0 radical (unpaired) electrons. The third kappa shape index (κ3) is 2.75. The quantitative estimate of drug-likeness (QED) is 0.799. The van der Waals surface area contributed by atoms with Gasteiger partial charge in [0.2, 0.25) is 0 Å². The molecule has 1 atom stereocenters. The van der Waals surface area contributed by atoms with Gasteiger partial charge in [0.25, 0.3) is 0 Å². The second-order valence-corrected chi connectivity index (χ2v) is 5.48. The molecule has 1 unspecified atom stereocenters. The van der Waals surface area contributed by atoms with E-state index in [0.717, 1.165) is 24.3 Å². The molecule has 6 nitrogen and oxygen atoms in total. The zero-order chi connectivity index (χ0) is 13.3. The van der Waals surface area contributed by atoms with Gasteiger partial charge >= 0.3 is 6.09 Å². The second kappa shape index (κ2) is 4.51. The summed E-state index contributed by atoms with van der Waals surface area (Å²) in [7, 11) is 1.87. The van der Waals surface area contributed by atoms with Crippen LogP contribution >= 0.6 is 0 Å². The smallest absolute Gasteiger partial charge is 0.408 e. The van der Waals surface area contributed by atoms with Gasteiger partial charge in [0.15, 0.2) is 0 Å². The monoisotopic (exact) mass is 252 g/mol. The molecule has 0 saturated carbocycles.